The monoisotopic (exact) mass is 200 g/mol. The fourth-order valence-electron chi connectivity index (χ4n) is 1.91. The van der Waals surface area contributed by atoms with Crippen molar-refractivity contribution in [1.82, 2.24) is 4.98 Å². The van der Waals surface area contributed by atoms with Gasteiger partial charge in [-0.05, 0) is 24.6 Å². The summed E-state index contributed by atoms with van der Waals surface area (Å²) in [5.74, 6) is 0.862. The van der Waals surface area contributed by atoms with Gasteiger partial charge in [0.05, 0.1) is 19.6 Å². The topological polar surface area (TPSA) is 48.8 Å². The lowest BCUT2D eigenvalue weighted by atomic mass is 10.1. The summed E-state index contributed by atoms with van der Waals surface area (Å²) in [6.07, 6.45) is 2.31. The average molecular weight is 200 g/mol. The number of methoxy groups -OCH3 is 1. The lowest BCUT2D eigenvalue weighted by Gasteiger charge is -2.06. The van der Waals surface area contributed by atoms with Crippen LogP contribution >= 0.6 is 0 Å². The largest absolute Gasteiger partial charge is 0.496 e. The lowest BCUT2D eigenvalue weighted by Crippen LogP contribution is -1.88. The Bertz CT molecular complexity index is 534. The number of benzene rings is 1. The summed E-state index contributed by atoms with van der Waals surface area (Å²) in [5.41, 5.74) is 3.17. The van der Waals surface area contributed by atoms with Crippen molar-refractivity contribution in [2.75, 3.05) is 7.11 Å². The maximum atomic E-state index is 8.72. The maximum absolute atomic E-state index is 8.72. The van der Waals surface area contributed by atoms with E-state index in [1.165, 1.54) is 0 Å². The molecule has 0 bridgehead atoms. The molecule has 0 amide bonds. The number of aromatic amines is 1. The van der Waals surface area contributed by atoms with Crippen molar-refractivity contribution >= 4 is 10.9 Å². The Balaban J connectivity index is 2.71. The summed E-state index contributed by atoms with van der Waals surface area (Å²) in [6, 6.07) is 6.08. The molecular weight excluding hydrogens is 188 g/mol. The van der Waals surface area contributed by atoms with Gasteiger partial charge in [0.15, 0.2) is 0 Å². The molecule has 0 spiro atoms. The van der Waals surface area contributed by atoms with Crippen molar-refractivity contribution in [3.8, 4) is 11.8 Å². The highest BCUT2D eigenvalue weighted by molar-refractivity contribution is 5.88. The van der Waals surface area contributed by atoms with E-state index in [4.69, 9.17) is 10.00 Å². The molecule has 3 nitrogen and oxygen atoms in total. The van der Waals surface area contributed by atoms with Gasteiger partial charge < -0.3 is 9.72 Å². The smallest absolute Gasteiger partial charge is 0.122 e. The first kappa shape index (κ1) is 9.60. The minimum atomic E-state index is 0.425. The van der Waals surface area contributed by atoms with Crippen LogP contribution in [0.4, 0.5) is 0 Å². The molecule has 1 N–H and O–H groups in total. The number of aromatic nitrogens is 1. The minimum Gasteiger partial charge on any atom is -0.496 e. The Labute approximate surface area is 88.3 Å². The summed E-state index contributed by atoms with van der Waals surface area (Å²) in [4.78, 5) is 3.16. The van der Waals surface area contributed by atoms with Crippen LogP contribution in [0.1, 0.15) is 11.1 Å². The molecule has 0 saturated carbocycles. The van der Waals surface area contributed by atoms with Crippen molar-refractivity contribution in [3.05, 3.63) is 29.5 Å². The fraction of sp³-hybridized carbons (Fsp3) is 0.250. The Hall–Kier alpha value is -1.95. The third-order valence-corrected chi connectivity index (χ3v) is 2.63. The predicted octanol–water partition coefficient (Wildman–Crippen LogP) is 2.55. The predicted molar refractivity (Wildman–Crippen MR) is 58.9 cm³/mol. The van der Waals surface area contributed by atoms with Gasteiger partial charge in [0.1, 0.15) is 5.75 Å². The Morgan fingerprint density at radius 2 is 2.27 bits per heavy atom. The molecule has 2 rings (SSSR count). The van der Waals surface area contributed by atoms with Gasteiger partial charge in [-0.1, -0.05) is 0 Å². The summed E-state index contributed by atoms with van der Waals surface area (Å²) >= 11 is 0. The van der Waals surface area contributed by atoms with Crippen LogP contribution in [-0.2, 0) is 6.42 Å². The highest BCUT2D eigenvalue weighted by Crippen LogP contribution is 2.29. The molecule has 0 aliphatic rings. The summed E-state index contributed by atoms with van der Waals surface area (Å²) in [5, 5.41) is 9.83. The van der Waals surface area contributed by atoms with E-state index in [1.54, 1.807) is 7.11 Å². The van der Waals surface area contributed by atoms with E-state index >= 15 is 0 Å². The van der Waals surface area contributed by atoms with Crippen molar-refractivity contribution < 1.29 is 4.74 Å². The summed E-state index contributed by atoms with van der Waals surface area (Å²) in [7, 11) is 1.66. The fourth-order valence-corrected chi connectivity index (χ4v) is 1.91. The number of fused-ring (bicyclic) bond motifs is 1. The van der Waals surface area contributed by atoms with Crippen molar-refractivity contribution in [3.63, 3.8) is 0 Å². The summed E-state index contributed by atoms with van der Waals surface area (Å²) in [6.45, 7) is 2.01. The Morgan fingerprint density at radius 3 is 2.93 bits per heavy atom. The van der Waals surface area contributed by atoms with Crippen LogP contribution in [-0.4, -0.2) is 12.1 Å². The average Bonchev–Trinajstić information content (AvgIpc) is 2.64. The van der Waals surface area contributed by atoms with Gasteiger partial charge in [0.25, 0.3) is 0 Å². The third kappa shape index (κ3) is 1.44. The number of hydrogen-bond acceptors (Lipinski definition) is 2. The number of rotatable bonds is 2. The number of nitrogens with zero attached hydrogens (tertiary/aromatic N) is 1. The quantitative estimate of drug-likeness (QED) is 0.809. The van der Waals surface area contributed by atoms with E-state index in [2.05, 4.69) is 11.1 Å². The molecule has 0 atom stereocenters. The molecule has 1 aromatic carbocycles. The van der Waals surface area contributed by atoms with Crippen LogP contribution in [0.15, 0.2) is 18.3 Å². The van der Waals surface area contributed by atoms with Gasteiger partial charge >= 0.3 is 0 Å². The standard InChI is InChI=1S/C12H12N2O/c1-8-11(15-2)4-3-10-12(8)9(5-6-13)7-14-10/h3-4,7,14H,5H2,1-2H3. The molecular formula is C12H12N2O. The van der Waals surface area contributed by atoms with Gasteiger partial charge in [0, 0.05) is 22.7 Å². The molecule has 1 heterocycles. The molecule has 0 saturated heterocycles. The summed E-state index contributed by atoms with van der Waals surface area (Å²) < 4.78 is 5.26. The lowest BCUT2D eigenvalue weighted by molar-refractivity contribution is 0.412. The van der Waals surface area contributed by atoms with E-state index in [9.17, 15) is 0 Å². The number of hydrogen-bond donors (Lipinski definition) is 1. The highest BCUT2D eigenvalue weighted by atomic mass is 16.5. The molecule has 0 aliphatic heterocycles. The number of aryl methyl sites for hydroxylation is 1. The Morgan fingerprint density at radius 1 is 1.47 bits per heavy atom. The van der Waals surface area contributed by atoms with Crippen molar-refractivity contribution in [1.29, 1.82) is 5.26 Å². The molecule has 2 aromatic rings. The first-order chi connectivity index (χ1) is 7.27. The van der Waals surface area contributed by atoms with Crippen molar-refractivity contribution in [2.24, 2.45) is 0 Å². The van der Waals surface area contributed by atoms with Gasteiger partial charge in [-0.15, -0.1) is 0 Å². The van der Waals surface area contributed by atoms with E-state index in [0.29, 0.717) is 6.42 Å². The van der Waals surface area contributed by atoms with Crippen LogP contribution in [0.2, 0.25) is 0 Å². The zero-order chi connectivity index (χ0) is 10.8. The number of ether oxygens (including phenoxy) is 1. The normalized spacial score (nSPS) is 10.2. The second kappa shape index (κ2) is 3.66. The zero-order valence-corrected chi connectivity index (χ0v) is 8.79. The van der Waals surface area contributed by atoms with Gasteiger partial charge in [-0.25, -0.2) is 0 Å². The second-order valence-corrected chi connectivity index (χ2v) is 3.46. The zero-order valence-electron chi connectivity index (χ0n) is 8.79. The van der Waals surface area contributed by atoms with E-state index in [0.717, 1.165) is 27.8 Å². The molecule has 0 unspecified atom stereocenters. The first-order valence-corrected chi connectivity index (χ1v) is 4.78. The molecule has 0 fully saturated rings. The molecule has 0 radical (unpaired) electrons. The van der Waals surface area contributed by atoms with Crippen LogP contribution in [0.3, 0.4) is 0 Å². The minimum absolute atomic E-state index is 0.425. The van der Waals surface area contributed by atoms with Crippen LogP contribution in [0.5, 0.6) is 5.75 Å². The molecule has 15 heavy (non-hydrogen) atoms. The van der Waals surface area contributed by atoms with Crippen molar-refractivity contribution in [2.45, 2.75) is 13.3 Å². The van der Waals surface area contributed by atoms with E-state index in [1.807, 2.05) is 25.3 Å². The maximum Gasteiger partial charge on any atom is 0.122 e. The Kier molecular flexibility index (Phi) is 2.34. The molecule has 76 valence electrons. The number of nitrogens with one attached hydrogen (secondary N) is 1. The van der Waals surface area contributed by atoms with Gasteiger partial charge in [0.2, 0.25) is 0 Å². The van der Waals surface area contributed by atoms with Crippen LogP contribution < -0.4 is 4.74 Å². The number of H-pyrrole nitrogens is 1. The van der Waals surface area contributed by atoms with Crippen LogP contribution in [0, 0.1) is 18.3 Å². The van der Waals surface area contributed by atoms with Crippen LogP contribution in [0.25, 0.3) is 10.9 Å². The number of nitriles is 1. The third-order valence-electron chi connectivity index (χ3n) is 2.63. The van der Waals surface area contributed by atoms with E-state index in [-0.39, 0.29) is 0 Å². The van der Waals surface area contributed by atoms with Gasteiger partial charge in [-0.3, -0.25) is 0 Å². The van der Waals surface area contributed by atoms with E-state index < -0.39 is 0 Å². The SMILES string of the molecule is COc1ccc2[nH]cc(CC#N)c2c1C. The molecule has 1 aromatic heterocycles. The van der Waals surface area contributed by atoms with Gasteiger partial charge in [-0.2, -0.15) is 5.26 Å². The second-order valence-electron chi connectivity index (χ2n) is 3.46. The first-order valence-electron chi connectivity index (χ1n) is 4.78. The molecule has 3 heteroatoms. The molecule has 0 aliphatic carbocycles. The highest BCUT2D eigenvalue weighted by Gasteiger charge is 2.09.